The maximum Gasteiger partial charge on any atom is 0.343 e. The third-order valence-corrected chi connectivity index (χ3v) is 12.1. The Morgan fingerprint density at radius 1 is 0.393 bits per heavy atom. The molecule has 0 aliphatic carbocycles. The Morgan fingerprint density at radius 3 is 0.984 bits per heavy atom. The van der Waals surface area contributed by atoms with Gasteiger partial charge in [-0.15, -0.1) is 0 Å². The summed E-state index contributed by atoms with van der Waals surface area (Å²) in [5.41, 5.74) is 6.91. The molecule has 0 bridgehead atoms. The number of benzene rings is 2. The molecule has 0 fully saturated rings. The number of nitrogen functional groups attached to an aromatic ring is 1. The van der Waals surface area contributed by atoms with E-state index < -0.39 is 5.97 Å². The van der Waals surface area contributed by atoms with Crippen molar-refractivity contribution in [1.29, 1.82) is 0 Å². The Kier molecular flexibility index (Phi) is 35.5. The van der Waals surface area contributed by atoms with Crippen molar-refractivity contribution in [1.82, 2.24) is 0 Å². The van der Waals surface area contributed by atoms with E-state index in [4.69, 9.17) is 24.7 Å². The number of carbonyl (C=O) groups is 1. The number of hydrogen-bond donors (Lipinski definition) is 1. The highest BCUT2D eigenvalue weighted by molar-refractivity contribution is 5.92. The molecule has 61 heavy (non-hydrogen) atoms. The molecule has 2 aromatic carbocycles. The monoisotopic (exact) mass is 850 g/mol. The van der Waals surface area contributed by atoms with E-state index in [1.165, 1.54) is 193 Å². The summed E-state index contributed by atoms with van der Waals surface area (Å²) in [6.07, 6.45) is 46.6. The third-order valence-electron chi connectivity index (χ3n) is 12.1. The predicted molar refractivity (Wildman–Crippen MR) is 262 cm³/mol. The number of ether oxygens (including phenoxy) is 4. The van der Waals surface area contributed by atoms with Crippen LogP contribution in [0.2, 0.25) is 0 Å². The molecule has 0 spiro atoms. The number of carbonyl (C=O) groups excluding carboxylic acids is 1. The van der Waals surface area contributed by atoms with Crippen LogP contribution >= 0.6 is 0 Å². The van der Waals surface area contributed by atoms with E-state index in [1.807, 2.05) is 0 Å². The van der Waals surface area contributed by atoms with Crippen LogP contribution in [0.25, 0.3) is 0 Å². The molecule has 6 heteroatoms. The molecule has 0 unspecified atom stereocenters. The van der Waals surface area contributed by atoms with E-state index >= 15 is 0 Å². The van der Waals surface area contributed by atoms with Crippen molar-refractivity contribution in [3.05, 3.63) is 42.0 Å². The van der Waals surface area contributed by atoms with E-state index in [0.29, 0.717) is 54.1 Å². The van der Waals surface area contributed by atoms with Crippen LogP contribution in [0, 0.1) is 0 Å². The Morgan fingerprint density at radius 2 is 0.672 bits per heavy atom. The summed E-state index contributed by atoms with van der Waals surface area (Å²) in [5.74, 6) is 1.74. The highest BCUT2D eigenvalue weighted by Gasteiger charge is 2.21. The highest BCUT2D eigenvalue weighted by atomic mass is 16.5. The quantitative estimate of drug-likeness (QED) is 0.0310. The Bertz CT molecular complexity index is 1230. The summed E-state index contributed by atoms with van der Waals surface area (Å²) in [7, 11) is 0. The van der Waals surface area contributed by atoms with Crippen LogP contribution in [0.5, 0.6) is 23.0 Å². The minimum atomic E-state index is -0.456. The van der Waals surface area contributed by atoms with Crippen LogP contribution in [0.3, 0.4) is 0 Å². The number of rotatable bonds is 44. The number of anilines is 1. The third kappa shape index (κ3) is 29.9. The molecule has 350 valence electrons. The van der Waals surface area contributed by atoms with Gasteiger partial charge in [0.25, 0.3) is 0 Å². The molecule has 2 rings (SSSR count). The van der Waals surface area contributed by atoms with Crippen LogP contribution < -0.4 is 24.7 Å². The molecule has 0 saturated carbocycles. The van der Waals surface area contributed by atoms with E-state index in [-0.39, 0.29) is 0 Å². The molecule has 0 amide bonds. The minimum Gasteiger partial charge on any atom is -0.490 e. The molecule has 2 aromatic rings. The Labute approximate surface area is 376 Å². The molecule has 0 saturated heterocycles. The van der Waals surface area contributed by atoms with Gasteiger partial charge in [-0.05, 0) is 55.7 Å². The van der Waals surface area contributed by atoms with E-state index in [0.717, 1.165) is 38.5 Å². The fraction of sp³-hybridized carbons (Fsp3) is 0.764. The second-order valence-corrected chi connectivity index (χ2v) is 18.0. The first-order valence-electron chi connectivity index (χ1n) is 26.2. The van der Waals surface area contributed by atoms with Gasteiger partial charge in [-0.2, -0.15) is 0 Å². The maximum atomic E-state index is 13.6. The molecular formula is C55H95NO5. The lowest BCUT2D eigenvalue weighted by molar-refractivity contribution is 0.0733. The highest BCUT2D eigenvalue weighted by Crippen LogP contribution is 2.40. The summed E-state index contributed by atoms with van der Waals surface area (Å²) in [5, 5.41) is 0. The van der Waals surface area contributed by atoms with Gasteiger partial charge in [-0.3, -0.25) is 0 Å². The summed E-state index contributed by atoms with van der Waals surface area (Å²) < 4.78 is 25.3. The van der Waals surface area contributed by atoms with E-state index in [9.17, 15) is 4.79 Å². The number of unbranched alkanes of at least 4 members (excludes halogenated alkanes) is 33. The van der Waals surface area contributed by atoms with Crippen molar-refractivity contribution < 1.29 is 23.7 Å². The summed E-state index contributed by atoms with van der Waals surface area (Å²) in [4.78, 5) is 13.6. The van der Waals surface area contributed by atoms with Crippen molar-refractivity contribution in [2.45, 2.75) is 252 Å². The average molecular weight is 850 g/mol. The normalized spacial score (nSPS) is 11.3. The molecule has 0 aliphatic rings. The van der Waals surface area contributed by atoms with Gasteiger partial charge in [0.05, 0.1) is 25.4 Å². The van der Waals surface area contributed by atoms with Crippen LogP contribution in [-0.4, -0.2) is 25.8 Å². The van der Waals surface area contributed by atoms with Gasteiger partial charge in [-0.1, -0.05) is 233 Å². The first-order valence-corrected chi connectivity index (χ1v) is 26.2. The van der Waals surface area contributed by atoms with Gasteiger partial charge in [0.1, 0.15) is 5.75 Å². The van der Waals surface area contributed by atoms with Crippen molar-refractivity contribution in [2.24, 2.45) is 0 Å². The molecule has 0 radical (unpaired) electrons. The lowest BCUT2D eigenvalue weighted by atomic mass is 10.1. The second-order valence-electron chi connectivity index (χ2n) is 18.0. The summed E-state index contributed by atoms with van der Waals surface area (Å²) in [6.45, 7) is 8.58. The van der Waals surface area contributed by atoms with Crippen molar-refractivity contribution in [3.63, 3.8) is 0 Å². The second kappa shape index (κ2) is 39.9. The van der Waals surface area contributed by atoms with E-state index in [2.05, 4.69) is 20.8 Å². The molecule has 6 nitrogen and oxygen atoms in total. The Hall–Kier alpha value is -2.89. The molecular weight excluding hydrogens is 755 g/mol. The molecule has 0 heterocycles. The zero-order valence-corrected chi connectivity index (χ0v) is 40.2. The average Bonchev–Trinajstić information content (AvgIpc) is 3.26. The van der Waals surface area contributed by atoms with Gasteiger partial charge in [0.2, 0.25) is 5.75 Å². The molecule has 0 aliphatic heterocycles. The zero-order chi connectivity index (χ0) is 43.7. The maximum absolute atomic E-state index is 13.6. The number of nitrogens with two attached hydrogens (primary N) is 1. The topological polar surface area (TPSA) is 80.0 Å². The van der Waals surface area contributed by atoms with Crippen molar-refractivity contribution >= 4 is 11.7 Å². The molecule has 2 N–H and O–H groups in total. The molecule has 0 atom stereocenters. The van der Waals surface area contributed by atoms with Gasteiger partial charge < -0.3 is 24.7 Å². The summed E-state index contributed by atoms with van der Waals surface area (Å²) in [6, 6.07) is 10.5. The molecule has 0 aromatic heterocycles. The summed E-state index contributed by atoms with van der Waals surface area (Å²) >= 11 is 0. The van der Waals surface area contributed by atoms with Gasteiger partial charge in [0, 0.05) is 5.69 Å². The fourth-order valence-corrected chi connectivity index (χ4v) is 8.12. The van der Waals surface area contributed by atoms with Gasteiger partial charge >= 0.3 is 5.97 Å². The van der Waals surface area contributed by atoms with Crippen LogP contribution in [0.4, 0.5) is 5.69 Å². The van der Waals surface area contributed by atoms with Crippen LogP contribution in [-0.2, 0) is 0 Å². The number of hydrogen-bond acceptors (Lipinski definition) is 6. The SMILES string of the molecule is CCCCCCCCCCCCCCOc1cc(C(=O)Oc2ccc(N)cc2)cc(OCCCCCCCCCCCCCC)c1OCCCCCCCCCCCCCC. The zero-order valence-electron chi connectivity index (χ0n) is 40.2. The smallest absolute Gasteiger partial charge is 0.343 e. The lowest BCUT2D eigenvalue weighted by Gasteiger charge is -2.19. The number of esters is 1. The van der Waals surface area contributed by atoms with Crippen LogP contribution in [0.1, 0.15) is 262 Å². The van der Waals surface area contributed by atoms with Crippen molar-refractivity contribution in [2.75, 3.05) is 25.6 Å². The van der Waals surface area contributed by atoms with E-state index in [1.54, 1.807) is 36.4 Å². The first-order chi connectivity index (χ1) is 30.1. The van der Waals surface area contributed by atoms with Gasteiger partial charge in [-0.25, -0.2) is 4.79 Å². The predicted octanol–water partition coefficient (Wildman–Crippen LogP) is 17.7. The minimum absolute atomic E-state index is 0.393. The van der Waals surface area contributed by atoms with Crippen molar-refractivity contribution in [3.8, 4) is 23.0 Å². The Balaban J connectivity index is 1.99. The largest absolute Gasteiger partial charge is 0.490 e. The standard InChI is InChI=1S/C55H95NO5/c1-4-7-10-13-16-19-22-25-28-31-34-37-44-58-52-47-49(55(57)61-51-42-40-50(56)41-43-51)48-53(59-45-38-35-32-29-26-23-20-17-14-11-8-5-2)54(52)60-46-39-36-33-30-27-24-21-18-15-12-9-6-3/h40-43,47-48H,4-39,44-46,56H2,1-3H3. The fourth-order valence-electron chi connectivity index (χ4n) is 8.12. The first kappa shape index (κ1) is 54.2. The lowest BCUT2D eigenvalue weighted by Crippen LogP contribution is -2.12. The van der Waals surface area contributed by atoms with Gasteiger partial charge in [0.15, 0.2) is 11.5 Å². The van der Waals surface area contributed by atoms with Crippen LogP contribution in [0.15, 0.2) is 36.4 Å².